The number of hydrogen-bond acceptors (Lipinski definition) is 1. The van der Waals surface area contributed by atoms with Crippen molar-refractivity contribution in [3.63, 3.8) is 0 Å². The van der Waals surface area contributed by atoms with Gasteiger partial charge in [-0.05, 0) is 0 Å². The Balaban J connectivity index is 2.56. The van der Waals surface area contributed by atoms with Crippen molar-refractivity contribution in [3.05, 3.63) is 19.7 Å². The van der Waals surface area contributed by atoms with Gasteiger partial charge in [-0.15, -0.1) is 6.58 Å². The van der Waals surface area contributed by atoms with E-state index in [-0.39, 0.29) is 0 Å². The Bertz CT molecular complexity index is 45.3. The van der Waals surface area contributed by atoms with Crippen LogP contribution in [0.5, 0.6) is 0 Å². The van der Waals surface area contributed by atoms with Gasteiger partial charge < -0.3 is 10.1 Å². The molecule has 2 nitrogen and oxygen atoms in total. The molecule has 0 aliphatic carbocycles. The third-order valence-corrected chi connectivity index (χ3v) is 0.471. The van der Waals surface area contributed by atoms with E-state index in [0.717, 1.165) is 0 Å². The average molecular weight is 101 g/mol. The van der Waals surface area contributed by atoms with E-state index in [1.807, 2.05) is 0 Å². The van der Waals surface area contributed by atoms with Gasteiger partial charge in [0.05, 0.1) is 6.61 Å². The summed E-state index contributed by atoms with van der Waals surface area (Å²) in [6, 6.07) is 0. The largest absolute Gasteiger partial charge is 0.456 e. The predicted molar refractivity (Wildman–Crippen MR) is 28.3 cm³/mol. The maximum Gasteiger partial charge on any atom is 0.156 e. The van der Waals surface area contributed by atoms with E-state index in [2.05, 4.69) is 13.6 Å². The number of hydrogen-bond donors (Lipinski definition) is 1. The van der Waals surface area contributed by atoms with Gasteiger partial charge >= 0.3 is 0 Å². The molecule has 0 amide bonds. The van der Waals surface area contributed by atoms with E-state index in [0.29, 0.717) is 13.3 Å². The first-order valence-corrected chi connectivity index (χ1v) is 2.21. The van der Waals surface area contributed by atoms with Crippen LogP contribution >= 0.6 is 0 Å². The van der Waals surface area contributed by atoms with Crippen LogP contribution in [0.1, 0.15) is 0 Å². The van der Waals surface area contributed by atoms with Crippen LogP contribution in [0.2, 0.25) is 0 Å². The molecule has 42 valence electrons. The zero-order valence-corrected chi connectivity index (χ0v) is 4.39. The van der Waals surface area contributed by atoms with Crippen molar-refractivity contribution in [3.8, 4) is 0 Å². The van der Waals surface area contributed by atoms with Gasteiger partial charge in [0.1, 0.15) is 0 Å². The fourth-order valence-corrected chi connectivity index (χ4v) is 0.235. The molecule has 0 fully saturated rings. The summed E-state index contributed by atoms with van der Waals surface area (Å²) in [5, 5.41) is 1.71. The molecule has 0 saturated carbocycles. The molecule has 0 saturated heterocycles. The lowest BCUT2D eigenvalue weighted by molar-refractivity contribution is -0.632. The van der Waals surface area contributed by atoms with E-state index >= 15 is 0 Å². The SMILES string of the molecule is C=CCOC[NH2+][CH2-]. The van der Waals surface area contributed by atoms with Crippen LogP contribution in [0.3, 0.4) is 0 Å². The molecular weight excluding hydrogens is 90.1 g/mol. The van der Waals surface area contributed by atoms with E-state index in [4.69, 9.17) is 4.74 Å². The highest BCUT2D eigenvalue weighted by molar-refractivity contribution is 4.62. The Kier molecular flexibility index (Phi) is 5.39. The van der Waals surface area contributed by atoms with Crippen LogP contribution in [-0.4, -0.2) is 13.3 Å². The van der Waals surface area contributed by atoms with Gasteiger partial charge in [0.15, 0.2) is 6.73 Å². The van der Waals surface area contributed by atoms with Crippen LogP contribution in [0, 0.1) is 7.05 Å². The van der Waals surface area contributed by atoms with Crippen molar-refractivity contribution < 1.29 is 10.1 Å². The van der Waals surface area contributed by atoms with Gasteiger partial charge in [0.2, 0.25) is 0 Å². The second-order valence-corrected chi connectivity index (χ2v) is 1.11. The zero-order valence-electron chi connectivity index (χ0n) is 4.39. The lowest BCUT2D eigenvalue weighted by Crippen LogP contribution is -2.77. The normalized spacial score (nSPS) is 8.71. The Labute approximate surface area is 44.2 Å². The summed E-state index contributed by atoms with van der Waals surface area (Å²) in [5.74, 6) is 0. The first kappa shape index (κ1) is 6.66. The van der Waals surface area contributed by atoms with E-state index < -0.39 is 0 Å². The van der Waals surface area contributed by atoms with Gasteiger partial charge in [-0.3, -0.25) is 0 Å². The molecule has 0 spiro atoms. The maximum atomic E-state index is 4.90. The summed E-state index contributed by atoms with van der Waals surface area (Å²) < 4.78 is 4.90. The standard InChI is InChI=1S/C5H11NO/c1-3-4-7-5-6-2/h3H,1-2,4-6H2. The molecule has 0 aromatic rings. The van der Waals surface area contributed by atoms with Crippen molar-refractivity contribution in [2.24, 2.45) is 0 Å². The lowest BCUT2D eigenvalue weighted by Gasteiger charge is -1.96. The van der Waals surface area contributed by atoms with E-state index in [1.165, 1.54) is 0 Å². The second kappa shape index (κ2) is 5.66. The summed E-state index contributed by atoms with van der Waals surface area (Å²) >= 11 is 0. The Morgan fingerprint density at radius 3 is 3.00 bits per heavy atom. The monoisotopic (exact) mass is 101 g/mol. The van der Waals surface area contributed by atoms with Gasteiger partial charge in [0, 0.05) is 0 Å². The van der Waals surface area contributed by atoms with Crippen molar-refractivity contribution in [2.75, 3.05) is 13.3 Å². The summed E-state index contributed by atoms with van der Waals surface area (Å²) in [6.45, 7) is 4.71. The summed E-state index contributed by atoms with van der Waals surface area (Å²) in [4.78, 5) is 0. The summed E-state index contributed by atoms with van der Waals surface area (Å²) in [7, 11) is 3.47. The molecule has 0 unspecified atom stereocenters. The van der Waals surface area contributed by atoms with Crippen molar-refractivity contribution in [2.45, 2.75) is 0 Å². The van der Waals surface area contributed by atoms with Crippen LogP contribution in [0.4, 0.5) is 0 Å². The third kappa shape index (κ3) is 5.66. The van der Waals surface area contributed by atoms with Gasteiger partial charge in [-0.25, -0.2) is 0 Å². The Hall–Kier alpha value is -0.340. The van der Waals surface area contributed by atoms with Gasteiger partial charge in [-0.2, -0.15) is 7.05 Å². The molecular formula is C5H11NO. The highest BCUT2D eigenvalue weighted by Gasteiger charge is 1.73. The van der Waals surface area contributed by atoms with Crippen LogP contribution in [-0.2, 0) is 4.74 Å². The fourth-order valence-electron chi connectivity index (χ4n) is 0.235. The minimum absolute atomic E-state index is 0.617. The fraction of sp³-hybridized carbons (Fsp3) is 0.400. The Morgan fingerprint density at radius 1 is 1.86 bits per heavy atom. The quantitative estimate of drug-likeness (QED) is 0.220. The topological polar surface area (TPSA) is 25.8 Å². The first-order valence-electron chi connectivity index (χ1n) is 2.21. The van der Waals surface area contributed by atoms with E-state index in [1.54, 1.807) is 11.4 Å². The lowest BCUT2D eigenvalue weighted by atomic mass is 10.7. The summed E-state index contributed by atoms with van der Waals surface area (Å²) in [6.07, 6.45) is 1.71. The molecule has 0 aliphatic heterocycles. The van der Waals surface area contributed by atoms with Crippen LogP contribution in [0.25, 0.3) is 0 Å². The Morgan fingerprint density at radius 2 is 2.57 bits per heavy atom. The maximum absolute atomic E-state index is 4.90. The van der Waals surface area contributed by atoms with E-state index in [9.17, 15) is 0 Å². The number of rotatable bonds is 4. The number of quaternary nitrogens is 1. The molecule has 0 aliphatic rings. The minimum atomic E-state index is 0.617. The highest BCUT2D eigenvalue weighted by Crippen LogP contribution is 1.64. The average Bonchev–Trinajstić information content (AvgIpc) is 1.69. The van der Waals surface area contributed by atoms with Crippen molar-refractivity contribution >= 4 is 0 Å². The van der Waals surface area contributed by atoms with Crippen molar-refractivity contribution in [1.82, 2.24) is 0 Å². The minimum Gasteiger partial charge on any atom is -0.456 e. The molecule has 0 aromatic carbocycles. The molecule has 0 heterocycles. The van der Waals surface area contributed by atoms with Gasteiger partial charge in [-0.1, -0.05) is 6.08 Å². The summed E-state index contributed by atoms with van der Waals surface area (Å²) in [5.41, 5.74) is 0. The first-order chi connectivity index (χ1) is 3.41. The third-order valence-electron chi connectivity index (χ3n) is 0.471. The molecule has 0 bridgehead atoms. The van der Waals surface area contributed by atoms with Crippen molar-refractivity contribution in [1.29, 1.82) is 0 Å². The molecule has 0 radical (unpaired) electrons. The molecule has 2 heteroatoms. The van der Waals surface area contributed by atoms with Crippen LogP contribution in [0.15, 0.2) is 12.7 Å². The zero-order chi connectivity index (χ0) is 5.54. The molecule has 0 aromatic heterocycles. The predicted octanol–water partition coefficient (Wildman–Crippen LogP) is -0.499. The molecule has 7 heavy (non-hydrogen) atoms. The van der Waals surface area contributed by atoms with Gasteiger partial charge in [0.25, 0.3) is 0 Å². The smallest absolute Gasteiger partial charge is 0.156 e. The number of ether oxygens (including phenoxy) is 1. The second-order valence-electron chi connectivity index (χ2n) is 1.11. The highest BCUT2D eigenvalue weighted by atomic mass is 16.5. The number of nitrogens with two attached hydrogens (primary N) is 1. The molecule has 0 atom stereocenters. The molecule has 2 N–H and O–H groups in total. The van der Waals surface area contributed by atoms with Crippen LogP contribution < -0.4 is 5.32 Å². The molecule has 0 rings (SSSR count).